The molecule has 3 aromatic rings. The lowest BCUT2D eigenvalue weighted by molar-refractivity contribution is 0.0532. The first-order valence-corrected chi connectivity index (χ1v) is 9.52. The highest BCUT2D eigenvalue weighted by Gasteiger charge is 2.28. The number of piperazine rings is 1. The number of rotatable bonds is 3. The van der Waals surface area contributed by atoms with Gasteiger partial charge in [0.1, 0.15) is 11.4 Å². The molecule has 6 nitrogen and oxygen atoms in total. The van der Waals surface area contributed by atoms with Gasteiger partial charge in [0.05, 0.1) is 17.4 Å². The average Bonchev–Trinajstić information content (AvgIpc) is 3.17. The molecule has 0 N–H and O–H groups in total. The third kappa shape index (κ3) is 3.26. The van der Waals surface area contributed by atoms with Gasteiger partial charge in [0, 0.05) is 31.6 Å². The van der Waals surface area contributed by atoms with Crippen LogP contribution in [0.3, 0.4) is 0 Å². The molecule has 2 aromatic carbocycles. The first-order chi connectivity index (χ1) is 13.2. The molecule has 27 heavy (non-hydrogen) atoms. The van der Waals surface area contributed by atoms with Crippen molar-refractivity contribution in [2.24, 2.45) is 0 Å². The minimum absolute atomic E-state index is 0.0707. The smallest absolute Gasteiger partial charge is 0.274 e. The molecule has 0 aliphatic carbocycles. The molecule has 4 rings (SSSR count). The van der Waals surface area contributed by atoms with Crippen LogP contribution in [0.4, 0.5) is 0 Å². The molecule has 0 atom stereocenters. The van der Waals surface area contributed by atoms with E-state index < -0.39 is 0 Å². The summed E-state index contributed by atoms with van der Waals surface area (Å²) in [4.78, 5) is 29.2. The van der Waals surface area contributed by atoms with Gasteiger partial charge in [0.15, 0.2) is 0 Å². The predicted octanol–water partition coefficient (Wildman–Crippen LogP) is 2.90. The van der Waals surface area contributed by atoms with Gasteiger partial charge in [-0.3, -0.25) is 9.59 Å². The first kappa shape index (κ1) is 17.5. The van der Waals surface area contributed by atoms with Crippen molar-refractivity contribution in [3.63, 3.8) is 0 Å². The number of carbonyl (C=O) groups is 2. The molecule has 1 fully saturated rings. The number of ether oxygens (including phenoxy) is 1. The summed E-state index contributed by atoms with van der Waals surface area (Å²) in [6.07, 6.45) is 0. The lowest BCUT2D eigenvalue weighted by Gasteiger charge is -2.34. The van der Waals surface area contributed by atoms with E-state index in [0.717, 1.165) is 10.1 Å². The molecule has 1 aromatic heterocycles. The standard InChI is InChI=1S/C20H19N3O3S/c1-26-16-8-4-2-6-14(16)19(24)22-10-12-23(13-11-22)20(25)18-15-7-3-5-9-17(15)27-21-18/h2-9H,10-13H2,1H3. The monoisotopic (exact) mass is 381 g/mol. The van der Waals surface area contributed by atoms with Gasteiger partial charge >= 0.3 is 0 Å². The fourth-order valence-electron chi connectivity index (χ4n) is 3.29. The van der Waals surface area contributed by atoms with Gasteiger partial charge in [0.25, 0.3) is 11.8 Å². The molecule has 7 heteroatoms. The molecule has 0 unspecified atom stereocenters. The van der Waals surface area contributed by atoms with Crippen molar-refractivity contribution in [3.8, 4) is 5.75 Å². The van der Waals surface area contributed by atoms with Crippen molar-refractivity contribution >= 4 is 33.4 Å². The van der Waals surface area contributed by atoms with E-state index in [9.17, 15) is 9.59 Å². The molecule has 1 saturated heterocycles. The number of hydrogen-bond donors (Lipinski definition) is 0. The van der Waals surface area contributed by atoms with Gasteiger partial charge in [-0.25, -0.2) is 0 Å². The molecule has 0 radical (unpaired) electrons. The van der Waals surface area contributed by atoms with E-state index in [1.807, 2.05) is 36.4 Å². The summed E-state index contributed by atoms with van der Waals surface area (Å²) in [5, 5.41) is 0.889. The van der Waals surface area contributed by atoms with Crippen molar-refractivity contribution in [3.05, 3.63) is 59.8 Å². The van der Waals surface area contributed by atoms with Crippen LogP contribution in [0.15, 0.2) is 48.5 Å². The molecule has 0 spiro atoms. The molecule has 138 valence electrons. The second kappa shape index (κ2) is 7.36. The van der Waals surface area contributed by atoms with Gasteiger partial charge in [-0.15, -0.1) is 0 Å². The predicted molar refractivity (Wildman–Crippen MR) is 104 cm³/mol. The number of carbonyl (C=O) groups excluding carboxylic acids is 2. The SMILES string of the molecule is COc1ccccc1C(=O)N1CCN(C(=O)c2nsc3ccccc23)CC1. The van der Waals surface area contributed by atoms with E-state index in [-0.39, 0.29) is 11.8 Å². The van der Waals surface area contributed by atoms with E-state index in [1.165, 1.54) is 11.5 Å². The lowest BCUT2D eigenvalue weighted by Crippen LogP contribution is -2.50. The summed E-state index contributed by atoms with van der Waals surface area (Å²) in [6.45, 7) is 1.96. The largest absolute Gasteiger partial charge is 0.496 e. The number of para-hydroxylation sites is 1. The highest BCUT2D eigenvalue weighted by atomic mass is 32.1. The van der Waals surface area contributed by atoms with Crippen molar-refractivity contribution in [1.29, 1.82) is 0 Å². The number of methoxy groups -OCH3 is 1. The third-order valence-corrected chi connectivity index (χ3v) is 5.60. The maximum absolute atomic E-state index is 12.9. The van der Waals surface area contributed by atoms with Gasteiger partial charge in [-0.05, 0) is 29.7 Å². The van der Waals surface area contributed by atoms with Gasteiger partial charge in [-0.2, -0.15) is 4.37 Å². The Bertz CT molecular complexity index is 993. The summed E-state index contributed by atoms with van der Waals surface area (Å²) in [5.41, 5.74) is 1.05. The molecular weight excluding hydrogens is 362 g/mol. The fraction of sp³-hybridized carbons (Fsp3) is 0.250. The van der Waals surface area contributed by atoms with Gasteiger partial charge < -0.3 is 14.5 Å². The van der Waals surface area contributed by atoms with E-state index >= 15 is 0 Å². The second-order valence-electron chi connectivity index (χ2n) is 6.31. The maximum Gasteiger partial charge on any atom is 0.274 e. The van der Waals surface area contributed by atoms with Crippen LogP contribution in [0, 0.1) is 0 Å². The zero-order valence-corrected chi connectivity index (χ0v) is 15.7. The van der Waals surface area contributed by atoms with Crippen molar-refractivity contribution in [2.75, 3.05) is 33.3 Å². The molecule has 0 bridgehead atoms. The van der Waals surface area contributed by atoms with Crippen molar-refractivity contribution in [1.82, 2.24) is 14.2 Å². The Morgan fingerprint density at radius 1 is 0.926 bits per heavy atom. The van der Waals surface area contributed by atoms with Crippen LogP contribution in [0.5, 0.6) is 5.75 Å². The zero-order valence-electron chi connectivity index (χ0n) is 14.9. The van der Waals surface area contributed by atoms with Crippen LogP contribution >= 0.6 is 11.5 Å². The molecule has 1 aliphatic heterocycles. The number of benzene rings is 2. The summed E-state index contributed by atoms with van der Waals surface area (Å²) in [7, 11) is 1.56. The molecule has 2 heterocycles. The molecule has 1 aliphatic rings. The second-order valence-corrected chi connectivity index (χ2v) is 7.12. The summed E-state index contributed by atoms with van der Waals surface area (Å²) in [5.74, 6) is 0.422. The minimum Gasteiger partial charge on any atom is -0.496 e. The Morgan fingerprint density at radius 2 is 1.56 bits per heavy atom. The van der Waals surface area contributed by atoms with Crippen LogP contribution in [-0.2, 0) is 0 Å². The fourth-order valence-corrected chi connectivity index (χ4v) is 4.06. The molecular formula is C20H19N3O3S. The number of amides is 2. The average molecular weight is 381 g/mol. The quantitative estimate of drug-likeness (QED) is 0.700. The summed E-state index contributed by atoms with van der Waals surface area (Å²) in [6, 6.07) is 14.9. The number of fused-ring (bicyclic) bond motifs is 1. The van der Waals surface area contributed by atoms with Crippen LogP contribution in [0.25, 0.3) is 10.1 Å². The van der Waals surface area contributed by atoms with E-state index in [1.54, 1.807) is 29.0 Å². The first-order valence-electron chi connectivity index (χ1n) is 8.75. The highest BCUT2D eigenvalue weighted by Crippen LogP contribution is 2.24. The third-order valence-electron chi connectivity index (χ3n) is 4.77. The van der Waals surface area contributed by atoms with E-state index in [2.05, 4.69) is 4.37 Å². The van der Waals surface area contributed by atoms with Gasteiger partial charge in [0.2, 0.25) is 0 Å². The Balaban J connectivity index is 1.46. The Labute approximate surface area is 161 Å². The molecule has 0 saturated carbocycles. The topological polar surface area (TPSA) is 62.7 Å². The normalized spacial score (nSPS) is 14.4. The number of hydrogen-bond acceptors (Lipinski definition) is 5. The van der Waals surface area contributed by atoms with Gasteiger partial charge in [-0.1, -0.05) is 30.3 Å². The lowest BCUT2D eigenvalue weighted by atomic mass is 10.1. The zero-order chi connectivity index (χ0) is 18.8. The number of aromatic nitrogens is 1. The Morgan fingerprint density at radius 3 is 2.30 bits per heavy atom. The van der Waals surface area contributed by atoms with Crippen LogP contribution in [-0.4, -0.2) is 59.3 Å². The van der Waals surface area contributed by atoms with Crippen LogP contribution in [0.1, 0.15) is 20.8 Å². The molecule has 2 amide bonds. The maximum atomic E-state index is 12.9. The Kier molecular flexibility index (Phi) is 4.77. The summed E-state index contributed by atoms with van der Waals surface area (Å²) >= 11 is 1.34. The van der Waals surface area contributed by atoms with E-state index in [0.29, 0.717) is 43.2 Å². The Hall–Kier alpha value is -2.93. The van der Waals surface area contributed by atoms with Crippen molar-refractivity contribution < 1.29 is 14.3 Å². The minimum atomic E-state index is -0.0724. The van der Waals surface area contributed by atoms with Crippen molar-refractivity contribution in [2.45, 2.75) is 0 Å². The highest BCUT2D eigenvalue weighted by molar-refractivity contribution is 7.13. The van der Waals surface area contributed by atoms with Crippen LogP contribution < -0.4 is 4.74 Å². The summed E-state index contributed by atoms with van der Waals surface area (Å²) < 4.78 is 10.6. The number of nitrogens with zero attached hydrogens (tertiary/aromatic N) is 3. The van der Waals surface area contributed by atoms with Crippen LogP contribution in [0.2, 0.25) is 0 Å². The van der Waals surface area contributed by atoms with E-state index in [4.69, 9.17) is 4.74 Å².